The van der Waals surface area contributed by atoms with Crippen LogP contribution in [0.5, 0.6) is 5.75 Å². The first kappa shape index (κ1) is 17.3. The molecule has 0 aliphatic carbocycles. The maximum atomic E-state index is 12.7. The number of hydrogen-bond donors (Lipinski definition) is 0. The number of rotatable bonds is 4. The van der Waals surface area contributed by atoms with Crippen molar-refractivity contribution in [2.45, 2.75) is 32.9 Å². The lowest BCUT2D eigenvalue weighted by atomic mass is 9.97. The molecule has 1 aromatic carbocycles. The maximum absolute atomic E-state index is 12.7. The van der Waals surface area contributed by atoms with Crippen molar-refractivity contribution < 1.29 is 9.53 Å². The van der Waals surface area contributed by atoms with Crippen LogP contribution in [0.4, 0.5) is 5.69 Å². The van der Waals surface area contributed by atoms with Gasteiger partial charge in [0.05, 0.1) is 18.3 Å². The molecule has 2 heterocycles. The van der Waals surface area contributed by atoms with Gasteiger partial charge in [-0.1, -0.05) is 12.1 Å². The van der Waals surface area contributed by atoms with Crippen LogP contribution in [0.15, 0.2) is 36.5 Å². The molecule has 0 unspecified atom stereocenters. The number of para-hydroxylation sites is 2. The number of methoxy groups -OCH3 is 1. The minimum absolute atomic E-state index is 0.111. The highest BCUT2D eigenvalue weighted by Crippen LogP contribution is 2.34. The zero-order valence-electron chi connectivity index (χ0n) is 15.4. The van der Waals surface area contributed by atoms with E-state index in [2.05, 4.69) is 29.9 Å². The van der Waals surface area contributed by atoms with Crippen LogP contribution in [-0.2, 0) is 11.3 Å². The molecule has 134 valence electrons. The maximum Gasteiger partial charge on any atom is 0.244 e. The number of nitrogens with zero attached hydrogens (tertiary/aromatic N) is 4. The molecule has 0 N–H and O–H groups in total. The highest BCUT2D eigenvalue weighted by atomic mass is 16.5. The van der Waals surface area contributed by atoms with Crippen molar-refractivity contribution in [3.05, 3.63) is 42.2 Å². The van der Waals surface area contributed by atoms with Crippen LogP contribution in [0, 0.1) is 6.92 Å². The van der Waals surface area contributed by atoms with Gasteiger partial charge in [0, 0.05) is 31.5 Å². The number of aromatic nitrogens is 2. The van der Waals surface area contributed by atoms with E-state index in [1.807, 2.05) is 36.1 Å². The van der Waals surface area contributed by atoms with E-state index in [0.717, 1.165) is 23.7 Å². The summed E-state index contributed by atoms with van der Waals surface area (Å²) in [6.07, 6.45) is 1.73. The van der Waals surface area contributed by atoms with Crippen LogP contribution in [0.25, 0.3) is 0 Å². The van der Waals surface area contributed by atoms with Crippen LogP contribution in [0.2, 0.25) is 0 Å². The van der Waals surface area contributed by atoms with Gasteiger partial charge < -0.3 is 14.5 Å². The Morgan fingerprint density at radius 3 is 2.64 bits per heavy atom. The lowest BCUT2D eigenvalue weighted by molar-refractivity contribution is -0.133. The Bertz CT molecular complexity index is 753. The van der Waals surface area contributed by atoms with E-state index in [1.165, 1.54) is 0 Å². The third kappa shape index (κ3) is 3.48. The molecule has 1 aliphatic heterocycles. The molecule has 6 heteroatoms. The summed E-state index contributed by atoms with van der Waals surface area (Å²) < 4.78 is 7.27. The molecule has 3 rings (SSSR count). The van der Waals surface area contributed by atoms with Gasteiger partial charge in [0.15, 0.2) is 0 Å². The molecule has 1 saturated heterocycles. The highest BCUT2D eigenvalue weighted by Gasteiger charge is 2.36. The minimum Gasteiger partial charge on any atom is -0.495 e. The SMILES string of the molecule is COc1ccccc1N1CCN(C(=O)Cn2nccc2C)CC1(C)C. The molecule has 25 heavy (non-hydrogen) atoms. The highest BCUT2D eigenvalue weighted by molar-refractivity contribution is 5.76. The summed E-state index contributed by atoms with van der Waals surface area (Å²) in [4.78, 5) is 17.0. The van der Waals surface area contributed by atoms with E-state index in [1.54, 1.807) is 18.0 Å². The zero-order chi connectivity index (χ0) is 18.0. The second-order valence-corrected chi connectivity index (χ2v) is 7.08. The summed E-state index contributed by atoms with van der Waals surface area (Å²) in [6.45, 7) is 8.73. The quantitative estimate of drug-likeness (QED) is 0.856. The van der Waals surface area contributed by atoms with E-state index in [0.29, 0.717) is 19.6 Å². The number of piperazine rings is 1. The van der Waals surface area contributed by atoms with Crippen molar-refractivity contribution in [2.24, 2.45) is 0 Å². The Hall–Kier alpha value is -2.50. The number of hydrogen-bond acceptors (Lipinski definition) is 4. The molecule has 1 aliphatic rings. The van der Waals surface area contributed by atoms with Crippen molar-refractivity contribution in [2.75, 3.05) is 31.6 Å². The number of benzene rings is 1. The topological polar surface area (TPSA) is 50.6 Å². The first-order chi connectivity index (χ1) is 11.9. The summed E-state index contributed by atoms with van der Waals surface area (Å²) in [6, 6.07) is 9.96. The van der Waals surface area contributed by atoms with E-state index in [4.69, 9.17) is 4.74 Å². The van der Waals surface area contributed by atoms with Gasteiger partial charge in [0.2, 0.25) is 5.91 Å². The van der Waals surface area contributed by atoms with Gasteiger partial charge in [-0.2, -0.15) is 5.10 Å². The molecule has 1 aromatic heterocycles. The number of anilines is 1. The predicted octanol–water partition coefficient (Wildman–Crippen LogP) is 2.33. The zero-order valence-corrected chi connectivity index (χ0v) is 15.4. The van der Waals surface area contributed by atoms with Gasteiger partial charge in [-0.05, 0) is 39.0 Å². The fraction of sp³-hybridized carbons (Fsp3) is 0.474. The van der Waals surface area contributed by atoms with Gasteiger partial charge >= 0.3 is 0 Å². The fourth-order valence-electron chi connectivity index (χ4n) is 3.46. The summed E-state index contributed by atoms with van der Waals surface area (Å²) in [5, 5.41) is 4.21. The molecule has 0 atom stereocenters. The van der Waals surface area contributed by atoms with Crippen molar-refractivity contribution in [3.63, 3.8) is 0 Å². The average molecular weight is 342 g/mol. The summed E-state index contributed by atoms with van der Waals surface area (Å²) >= 11 is 0. The first-order valence-electron chi connectivity index (χ1n) is 8.59. The minimum atomic E-state index is -0.179. The van der Waals surface area contributed by atoms with Crippen LogP contribution >= 0.6 is 0 Å². The monoisotopic (exact) mass is 342 g/mol. The van der Waals surface area contributed by atoms with Crippen molar-refractivity contribution in [1.29, 1.82) is 0 Å². The lowest BCUT2D eigenvalue weighted by Gasteiger charge is -2.48. The van der Waals surface area contributed by atoms with E-state index in [-0.39, 0.29) is 11.4 Å². The molecule has 0 saturated carbocycles. The second-order valence-electron chi connectivity index (χ2n) is 7.08. The summed E-state index contributed by atoms with van der Waals surface area (Å²) in [7, 11) is 1.69. The lowest BCUT2D eigenvalue weighted by Crippen LogP contribution is -2.61. The third-order valence-electron chi connectivity index (χ3n) is 4.84. The smallest absolute Gasteiger partial charge is 0.244 e. The Morgan fingerprint density at radius 1 is 1.24 bits per heavy atom. The van der Waals surface area contributed by atoms with Crippen molar-refractivity contribution in [1.82, 2.24) is 14.7 Å². The number of aryl methyl sites for hydroxylation is 1. The Labute approximate surface area is 149 Å². The molecule has 0 radical (unpaired) electrons. The first-order valence-corrected chi connectivity index (χ1v) is 8.59. The van der Waals surface area contributed by atoms with Crippen LogP contribution in [0.1, 0.15) is 19.5 Å². The van der Waals surface area contributed by atoms with Gasteiger partial charge in [0.1, 0.15) is 12.3 Å². The largest absolute Gasteiger partial charge is 0.495 e. The average Bonchev–Trinajstić information content (AvgIpc) is 2.99. The fourth-order valence-corrected chi connectivity index (χ4v) is 3.46. The summed E-state index contributed by atoms with van der Waals surface area (Å²) in [5.41, 5.74) is 1.90. The normalized spacial score (nSPS) is 16.8. The van der Waals surface area contributed by atoms with Crippen LogP contribution in [-0.4, -0.2) is 52.9 Å². The summed E-state index contributed by atoms with van der Waals surface area (Å²) in [5.74, 6) is 0.974. The second kappa shape index (κ2) is 6.78. The van der Waals surface area contributed by atoms with Gasteiger partial charge in [-0.3, -0.25) is 9.48 Å². The Balaban J connectivity index is 1.74. The van der Waals surface area contributed by atoms with E-state index >= 15 is 0 Å². The molecule has 6 nitrogen and oxygen atoms in total. The standard InChI is InChI=1S/C19H26N4O2/c1-15-9-10-20-23(15)13-18(24)21-11-12-22(19(2,3)14-21)16-7-5-6-8-17(16)25-4/h5-10H,11-14H2,1-4H3. The molecule has 2 aromatic rings. The molecule has 0 bridgehead atoms. The molecular weight excluding hydrogens is 316 g/mol. The van der Waals surface area contributed by atoms with Crippen molar-refractivity contribution >= 4 is 11.6 Å². The molecule has 1 amide bonds. The van der Waals surface area contributed by atoms with E-state index < -0.39 is 0 Å². The van der Waals surface area contributed by atoms with Crippen LogP contribution < -0.4 is 9.64 Å². The number of carbonyl (C=O) groups excluding carboxylic acids is 1. The van der Waals surface area contributed by atoms with Gasteiger partial charge in [-0.15, -0.1) is 0 Å². The van der Waals surface area contributed by atoms with Gasteiger partial charge in [0.25, 0.3) is 0 Å². The van der Waals surface area contributed by atoms with Crippen LogP contribution in [0.3, 0.4) is 0 Å². The Morgan fingerprint density at radius 2 is 2.00 bits per heavy atom. The number of carbonyl (C=O) groups is 1. The molecule has 0 spiro atoms. The predicted molar refractivity (Wildman–Crippen MR) is 98.0 cm³/mol. The third-order valence-corrected chi connectivity index (χ3v) is 4.84. The molecular formula is C19H26N4O2. The van der Waals surface area contributed by atoms with Crippen molar-refractivity contribution in [3.8, 4) is 5.75 Å². The number of ether oxygens (including phenoxy) is 1. The van der Waals surface area contributed by atoms with Gasteiger partial charge in [-0.25, -0.2) is 0 Å². The number of amides is 1. The molecule has 1 fully saturated rings. The van der Waals surface area contributed by atoms with E-state index in [9.17, 15) is 4.79 Å². The Kier molecular flexibility index (Phi) is 4.70.